The van der Waals surface area contributed by atoms with Crippen molar-refractivity contribution < 1.29 is 24.9 Å². The average Bonchev–Trinajstić information content (AvgIpc) is 2.51. The van der Waals surface area contributed by atoms with Gasteiger partial charge in [0.15, 0.2) is 0 Å². The molecule has 0 aromatic heterocycles. The van der Waals surface area contributed by atoms with E-state index in [-0.39, 0.29) is 28.7 Å². The van der Waals surface area contributed by atoms with Crippen LogP contribution < -0.4 is 0 Å². The molecule has 0 bridgehead atoms. The molecule has 0 fully saturated rings. The van der Waals surface area contributed by atoms with E-state index in [1.807, 2.05) is 60.6 Å². The van der Waals surface area contributed by atoms with Crippen LogP contribution in [0.4, 0.5) is 0 Å². The first-order valence-corrected chi connectivity index (χ1v) is 9.70. The quantitative estimate of drug-likeness (QED) is 0.567. The Balaban J connectivity index is 3.35. The van der Waals surface area contributed by atoms with Crippen LogP contribution >= 0.6 is 0 Å². The van der Waals surface area contributed by atoms with Crippen LogP contribution in [0.2, 0.25) is 0 Å². The largest absolute Gasteiger partial charge is 0.507 e. The summed E-state index contributed by atoms with van der Waals surface area (Å²) in [5.41, 5.74) is 2.19. The highest BCUT2D eigenvalue weighted by Gasteiger charge is 2.27. The lowest BCUT2D eigenvalue weighted by Crippen LogP contribution is -2.19. The van der Waals surface area contributed by atoms with Gasteiger partial charge < -0.3 is 15.3 Å². The van der Waals surface area contributed by atoms with Crippen molar-refractivity contribution in [3.63, 3.8) is 0 Å². The maximum Gasteiger partial charge on any atom is 0.331 e. The summed E-state index contributed by atoms with van der Waals surface area (Å²) >= 11 is 0. The third-order valence-corrected chi connectivity index (χ3v) is 4.97. The topological polar surface area (TPSA) is 94.8 Å². The zero-order chi connectivity index (χ0) is 21.9. The predicted octanol–water partition coefficient (Wildman–Crippen LogP) is 5.04. The molecule has 5 nitrogen and oxygen atoms in total. The van der Waals surface area contributed by atoms with Gasteiger partial charge in [0.1, 0.15) is 5.75 Å². The average molecular weight is 391 g/mol. The van der Waals surface area contributed by atoms with Gasteiger partial charge in [-0.1, -0.05) is 67.0 Å². The molecule has 0 saturated carbocycles. The minimum absolute atomic E-state index is 0.00752. The Hall–Kier alpha value is -2.30. The summed E-state index contributed by atoms with van der Waals surface area (Å²) in [7, 11) is 0. The summed E-state index contributed by atoms with van der Waals surface area (Å²) in [6.45, 7) is 14.3. The van der Waals surface area contributed by atoms with Gasteiger partial charge >= 0.3 is 11.9 Å². The fourth-order valence-electron chi connectivity index (χ4n) is 3.32. The minimum atomic E-state index is -1.25. The van der Waals surface area contributed by atoms with Gasteiger partial charge in [0.05, 0.1) is 0 Å². The number of carbonyl (C=O) groups is 2. The number of carboxylic acids is 2. The van der Waals surface area contributed by atoms with Crippen LogP contribution in [0.3, 0.4) is 0 Å². The lowest BCUT2D eigenvalue weighted by atomic mass is 9.77. The van der Waals surface area contributed by atoms with Crippen molar-refractivity contribution in [3.05, 3.63) is 40.5 Å². The molecule has 0 spiro atoms. The van der Waals surface area contributed by atoms with Crippen molar-refractivity contribution in [2.24, 2.45) is 5.92 Å². The van der Waals surface area contributed by atoms with Crippen LogP contribution in [-0.4, -0.2) is 27.3 Å². The number of phenols is 1. The molecule has 3 N–H and O–H groups in total. The van der Waals surface area contributed by atoms with Crippen LogP contribution in [-0.2, 0) is 26.8 Å². The first-order valence-electron chi connectivity index (χ1n) is 9.70. The molecule has 0 radical (unpaired) electrons. The first-order chi connectivity index (χ1) is 12.7. The van der Waals surface area contributed by atoms with Crippen LogP contribution in [0.5, 0.6) is 5.75 Å². The Morgan fingerprint density at radius 2 is 1.46 bits per heavy atom. The van der Waals surface area contributed by atoms with Crippen molar-refractivity contribution in [3.8, 4) is 5.75 Å². The van der Waals surface area contributed by atoms with Gasteiger partial charge in [-0.05, 0) is 46.3 Å². The van der Waals surface area contributed by atoms with Crippen molar-refractivity contribution in [1.82, 2.24) is 0 Å². The van der Waals surface area contributed by atoms with Crippen molar-refractivity contribution in [2.45, 2.75) is 78.6 Å². The van der Waals surface area contributed by atoms with Gasteiger partial charge in [-0.15, -0.1) is 0 Å². The molecule has 1 aromatic rings. The Morgan fingerprint density at radius 1 is 1.00 bits per heavy atom. The fraction of sp³-hybridized carbons (Fsp3) is 0.565. The minimum Gasteiger partial charge on any atom is -0.507 e. The number of hydrogen-bond donors (Lipinski definition) is 3. The molecule has 1 unspecified atom stereocenters. The number of hydrogen-bond acceptors (Lipinski definition) is 3. The Labute approximate surface area is 168 Å². The second-order valence-corrected chi connectivity index (χ2v) is 9.54. The highest BCUT2D eigenvalue weighted by atomic mass is 16.4. The molecule has 1 aromatic carbocycles. The summed E-state index contributed by atoms with van der Waals surface area (Å²) in [5, 5.41) is 29.1. The van der Waals surface area contributed by atoms with E-state index in [0.717, 1.165) is 29.2 Å². The van der Waals surface area contributed by atoms with E-state index in [2.05, 4.69) is 0 Å². The van der Waals surface area contributed by atoms with Gasteiger partial charge in [0.2, 0.25) is 0 Å². The highest BCUT2D eigenvalue weighted by Crippen LogP contribution is 2.40. The van der Waals surface area contributed by atoms with E-state index in [0.29, 0.717) is 12.2 Å². The molecule has 0 heterocycles. The van der Waals surface area contributed by atoms with E-state index in [1.165, 1.54) is 0 Å². The summed E-state index contributed by atoms with van der Waals surface area (Å²) < 4.78 is 0. The second kappa shape index (κ2) is 8.80. The Bertz CT molecular complexity index is 725. The van der Waals surface area contributed by atoms with Gasteiger partial charge in [-0.25, -0.2) is 9.59 Å². The fourth-order valence-corrected chi connectivity index (χ4v) is 3.32. The standard InChI is InChI=1S/C23H34O5/c1-8-14(10-16(21(27)28)13-19(24)25)9-15-11-17(22(2,3)4)20(26)18(12-15)23(5,6)7/h11-14,26H,8-10H2,1-7H3,(H,24,25)(H,27,28)/b16-13-. The molecule has 0 amide bonds. The second-order valence-electron chi connectivity index (χ2n) is 9.54. The van der Waals surface area contributed by atoms with Crippen LogP contribution in [0.1, 0.15) is 78.0 Å². The lowest BCUT2D eigenvalue weighted by Gasteiger charge is -2.29. The lowest BCUT2D eigenvalue weighted by molar-refractivity contribution is -0.135. The Kier molecular flexibility index (Phi) is 7.46. The molecular weight excluding hydrogens is 356 g/mol. The van der Waals surface area contributed by atoms with E-state index >= 15 is 0 Å². The third-order valence-electron chi connectivity index (χ3n) is 4.97. The monoisotopic (exact) mass is 390 g/mol. The maximum atomic E-state index is 11.4. The maximum absolute atomic E-state index is 11.4. The number of aliphatic carboxylic acids is 2. The highest BCUT2D eigenvalue weighted by molar-refractivity contribution is 5.94. The third kappa shape index (κ3) is 6.39. The molecule has 0 aliphatic rings. The smallest absolute Gasteiger partial charge is 0.331 e. The summed E-state index contributed by atoms with van der Waals surface area (Å²) in [5.74, 6) is -2.14. The molecule has 28 heavy (non-hydrogen) atoms. The number of aromatic hydroxyl groups is 1. The normalized spacial score (nSPS) is 14.0. The van der Waals surface area contributed by atoms with E-state index < -0.39 is 11.9 Å². The number of carboxylic acid groups (broad SMARTS) is 2. The molecule has 1 atom stereocenters. The number of phenolic OH excluding ortho intramolecular Hbond substituents is 1. The van der Waals surface area contributed by atoms with Gasteiger partial charge in [0, 0.05) is 11.6 Å². The van der Waals surface area contributed by atoms with Crippen molar-refractivity contribution >= 4 is 11.9 Å². The SMILES string of the molecule is CCC(C/C(=C/C(=O)O)C(=O)O)Cc1cc(C(C)(C)C)c(O)c(C(C)(C)C)c1. The van der Waals surface area contributed by atoms with Gasteiger partial charge in [0.25, 0.3) is 0 Å². The van der Waals surface area contributed by atoms with Crippen LogP contribution in [0, 0.1) is 5.92 Å². The molecule has 0 aliphatic carbocycles. The summed E-state index contributed by atoms with van der Waals surface area (Å²) in [6.07, 6.45) is 2.31. The van der Waals surface area contributed by atoms with E-state index in [9.17, 15) is 19.8 Å². The summed E-state index contributed by atoms with van der Waals surface area (Å²) in [4.78, 5) is 22.3. The molecule has 1 rings (SSSR count). The number of benzene rings is 1. The zero-order valence-electron chi connectivity index (χ0n) is 18.1. The first kappa shape index (κ1) is 23.7. The van der Waals surface area contributed by atoms with Crippen molar-refractivity contribution in [1.29, 1.82) is 0 Å². The van der Waals surface area contributed by atoms with Crippen LogP contribution in [0.15, 0.2) is 23.8 Å². The van der Waals surface area contributed by atoms with Gasteiger partial charge in [-0.2, -0.15) is 0 Å². The predicted molar refractivity (Wildman–Crippen MR) is 111 cm³/mol. The van der Waals surface area contributed by atoms with Gasteiger partial charge in [-0.3, -0.25) is 0 Å². The molecule has 0 saturated heterocycles. The van der Waals surface area contributed by atoms with E-state index in [1.54, 1.807) is 0 Å². The molecule has 5 heteroatoms. The van der Waals surface area contributed by atoms with Crippen molar-refractivity contribution in [2.75, 3.05) is 0 Å². The molecule has 156 valence electrons. The van der Waals surface area contributed by atoms with Crippen LogP contribution in [0.25, 0.3) is 0 Å². The number of rotatable bonds is 7. The molecule has 0 aliphatic heterocycles. The summed E-state index contributed by atoms with van der Waals surface area (Å²) in [6, 6.07) is 3.99. The Morgan fingerprint density at radius 3 is 1.79 bits per heavy atom. The zero-order valence-corrected chi connectivity index (χ0v) is 18.1. The molecular formula is C23H34O5. The van der Waals surface area contributed by atoms with E-state index in [4.69, 9.17) is 5.11 Å².